The Morgan fingerprint density at radius 2 is 1.87 bits per heavy atom. The molecule has 2 amide bonds. The minimum Gasteiger partial charge on any atom is -0.497 e. The summed E-state index contributed by atoms with van der Waals surface area (Å²) >= 11 is 0. The lowest BCUT2D eigenvalue weighted by Gasteiger charge is -2.38. The van der Waals surface area contributed by atoms with Crippen LogP contribution in [0.3, 0.4) is 0 Å². The molecule has 3 N–H and O–H groups in total. The molecule has 0 spiro atoms. The molecule has 0 radical (unpaired) electrons. The molecule has 0 unspecified atom stereocenters. The molecule has 0 saturated carbocycles. The van der Waals surface area contributed by atoms with Crippen molar-refractivity contribution in [2.75, 3.05) is 49.7 Å². The van der Waals surface area contributed by atoms with E-state index in [9.17, 15) is 9.59 Å². The van der Waals surface area contributed by atoms with Crippen molar-refractivity contribution in [3.63, 3.8) is 0 Å². The summed E-state index contributed by atoms with van der Waals surface area (Å²) in [5.74, 6) is 1.59. The maximum absolute atomic E-state index is 12.3. The van der Waals surface area contributed by atoms with Crippen LogP contribution in [0.1, 0.15) is 22.8 Å². The Bertz CT molecular complexity index is 1240. The second kappa shape index (κ2) is 13.6. The van der Waals surface area contributed by atoms with Crippen LogP contribution < -0.4 is 25.4 Å². The van der Waals surface area contributed by atoms with Crippen molar-refractivity contribution >= 4 is 29.1 Å². The molecular weight excluding hydrogens is 484 g/mol. The smallest absolute Gasteiger partial charge is 0.254 e. The molecule has 1 fully saturated rings. The fraction of sp³-hybridized carbons (Fsp3) is 0.286. The zero-order valence-corrected chi connectivity index (χ0v) is 22.2. The highest BCUT2D eigenvalue weighted by Crippen LogP contribution is 2.27. The van der Waals surface area contributed by atoms with E-state index in [1.807, 2.05) is 44.2 Å². The van der Waals surface area contributed by atoms with E-state index in [1.165, 1.54) is 6.08 Å². The Balaban J connectivity index is 0.000000223. The van der Waals surface area contributed by atoms with E-state index in [2.05, 4.69) is 32.5 Å². The van der Waals surface area contributed by atoms with Gasteiger partial charge in [-0.2, -0.15) is 4.98 Å². The number of carbonyl (C=O) groups excluding carboxylic acids is 2. The van der Waals surface area contributed by atoms with Gasteiger partial charge in [0, 0.05) is 37.5 Å². The number of hydrogen-bond donors (Lipinski definition) is 3. The molecule has 200 valence electrons. The third-order valence-corrected chi connectivity index (χ3v) is 5.61. The number of hydrogen-bond acceptors (Lipinski definition) is 8. The van der Waals surface area contributed by atoms with Crippen molar-refractivity contribution in [1.29, 1.82) is 0 Å². The van der Waals surface area contributed by atoms with E-state index >= 15 is 0 Å². The first kappa shape index (κ1) is 28.0. The summed E-state index contributed by atoms with van der Waals surface area (Å²) in [5, 5.41) is 8.74. The number of nitrogens with zero attached hydrogens (tertiary/aromatic N) is 3. The number of likely N-dealkylation sites (tertiary alicyclic amines) is 1. The van der Waals surface area contributed by atoms with Gasteiger partial charge in [0.1, 0.15) is 11.9 Å². The summed E-state index contributed by atoms with van der Waals surface area (Å²) in [7, 11) is 3.36. The molecule has 1 aromatic heterocycles. The second-order valence-corrected chi connectivity index (χ2v) is 8.42. The number of carbonyl (C=O) groups is 2. The van der Waals surface area contributed by atoms with E-state index in [0.717, 1.165) is 23.5 Å². The number of nitrogens with one attached hydrogen (secondary N) is 3. The maximum Gasteiger partial charge on any atom is 0.254 e. The number of benzene rings is 2. The summed E-state index contributed by atoms with van der Waals surface area (Å²) < 4.78 is 10.9. The monoisotopic (exact) mass is 518 g/mol. The lowest BCUT2D eigenvalue weighted by Crippen LogP contribution is -2.56. The highest BCUT2D eigenvalue weighted by Gasteiger charge is 2.33. The van der Waals surface area contributed by atoms with E-state index < -0.39 is 0 Å². The van der Waals surface area contributed by atoms with Crippen molar-refractivity contribution in [3.8, 4) is 11.6 Å². The van der Waals surface area contributed by atoms with Gasteiger partial charge in [-0.1, -0.05) is 24.3 Å². The van der Waals surface area contributed by atoms with Crippen LogP contribution in [0.4, 0.5) is 17.3 Å². The largest absolute Gasteiger partial charge is 0.497 e. The highest BCUT2D eigenvalue weighted by atomic mass is 16.5. The van der Waals surface area contributed by atoms with Crippen LogP contribution in [0, 0.1) is 6.92 Å². The number of anilines is 3. The normalized spacial score (nSPS) is 12.3. The van der Waals surface area contributed by atoms with Crippen molar-refractivity contribution in [2.24, 2.45) is 0 Å². The molecule has 2 aromatic carbocycles. The summed E-state index contributed by atoms with van der Waals surface area (Å²) in [6.45, 7) is 9.31. The van der Waals surface area contributed by atoms with E-state index in [4.69, 9.17) is 9.47 Å². The summed E-state index contributed by atoms with van der Waals surface area (Å²) in [4.78, 5) is 33.5. The molecule has 38 heavy (non-hydrogen) atoms. The molecule has 0 bridgehead atoms. The summed E-state index contributed by atoms with van der Waals surface area (Å²) in [6.07, 6.45) is 2.86. The van der Waals surface area contributed by atoms with Gasteiger partial charge in [0.05, 0.1) is 31.6 Å². The average molecular weight is 519 g/mol. The molecule has 1 saturated heterocycles. The van der Waals surface area contributed by atoms with Gasteiger partial charge in [0.2, 0.25) is 17.7 Å². The molecule has 1 aliphatic rings. The van der Waals surface area contributed by atoms with Gasteiger partial charge in [-0.15, -0.1) is 0 Å². The van der Waals surface area contributed by atoms with Crippen LogP contribution in [0.25, 0.3) is 0 Å². The second-order valence-electron chi connectivity index (χ2n) is 8.42. The Hall–Kier alpha value is -4.60. The van der Waals surface area contributed by atoms with Gasteiger partial charge < -0.3 is 30.3 Å². The number of rotatable bonds is 9. The Kier molecular flexibility index (Phi) is 10.0. The van der Waals surface area contributed by atoms with Gasteiger partial charge in [0.25, 0.3) is 5.91 Å². The first-order valence-electron chi connectivity index (χ1n) is 12.3. The molecule has 4 rings (SSSR count). The van der Waals surface area contributed by atoms with Gasteiger partial charge in [-0.3, -0.25) is 9.59 Å². The van der Waals surface area contributed by atoms with Crippen molar-refractivity contribution in [2.45, 2.75) is 20.0 Å². The van der Waals surface area contributed by atoms with Crippen LogP contribution >= 0.6 is 0 Å². The lowest BCUT2D eigenvalue weighted by atomic mass is 10.1. The lowest BCUT2D eigenvalue weighted by molar-refractivity contribution is -0.111. The summed E-state index contributed by atoms with van der Waals surface area (Å²) in [6, 6.07) is 14.7. The van der Waals surface area contributed by atoms with Crippen LogP contribution in [0.5, 0.6) is 11.6 Å². The minimum atomic E-state index is -0.232. The number of aromatic nitrogens is 2. The van der Waals surface area contributed by atoms with Crippen LogP contribution in [-0.2, 0) is 4.79 Å². The third-order valence-electron chi connectivity index (χ3n) is 5.61. The van der Waals surface area contributed by atoms with Crippen molar-refractivity contribution in [1.82, 2.24) is 14.9 Å². The van der Waals surface area contributed by atoms with Crippen LogP contribution in [0.2, 0.25) is 0 Å². The Morgan fingerprint density at radius 1 is 1.13 bits per heavy atom. The van der Waals surface area contributed by atoms with Gasteiger partial charge in [-0.25, -0.2) is 4.98 Å². The van der Waals surface area contributed by atoms with Crippen molar-refractivity contribution in [3.05, 3.63) is 78.5 Å². The van der Waals surface area contributed by atoms with Crippen molar-refractivity contribution < 1.29 is 19.1 Å². The molecule has 3 aromatic rings. The number of methoxy groups -OCH3 is 1. The van der Waals surface area contributed by atoms with E-state index in [-0.39, 0.29) is 17.9 Å². The Morgan fingerprint density at radius 3 is 2.50 bits per heavy atom. The van der Waals surface area contributed by atoms with Gasteiger partial charge in [0.15, 0.2) is 0 Å². The fourth-order valence-corrected chi connectivity index (χ4v) is 3.54. The first-order valence-corrected chi connectivity index (χ1v) is 12.3. The predicted molar refractivity (Wildman–Crippen MR) is 149 cm³/mol. The van der Waals surface area contributed by atoms with Crippen LogP contribution in [-0.4, -0.2) is 66.6 Å². The fourth-order valence-electron chi connectivity index (χ4n) is 3.54. The predicted octanol–water partition coefficient (Wildman–Crippen LogP) is 3.98. The standard InChI is InChI=1S/C16H18N4O2.C12H16N2O2/c1-11-3-5-12(6-4-11)15(21)20-9-13(10-20)22-14-7-8-18-16(17-2)19-14;1-4-12(15)14-10-7-6-9(16-3)8-11(10)13-5-2/h3-8,13H,9-10H2,1-2H3,(H,17,18,19);4,6-8,13H,1,5H2,2-3H3,(H,14,15). The minimum absolute atomic E-state index is 0.0194. The number of aryl methyl sites for hydroxylation is 1. The SMILES string of the molecule is C=CC(=O)Nc1ccc(OC)cc1NCC.CNc1nccc(OC2CN(C(=O)c3ccc(C)cc3)C2)n1. The molecule has 2 heterocycles. The molecular formula is C28H34N6O4. The van der Waals surface area contributed by atoms with Gasteiger partial charge in [-0.05, 0) is 44.2 Å². The van der Waals surface area contributed by atoms with E-state index in [0.29, 0.717) is 36.2 Å². The maximum atomic E-state index is 12.3. The number of ether oxygens (including phenoxy) is 2. The zero-order valence-electron chi connectivity index (χ0n) is 22.2. The molecule has 0 atom stereocenters. The Labute approximate surface area is 223 Å². The molecule has 10 heteroatoms. The third kappa shape index (κ3) is 7.70. The summed E-state index contributed by atoms with van der Waals surface area (Å²) in [5.41, 5.74) is 3.40. The van der Waals surface area contributed by atoms with Gasteiger partial charge >= 0.3 is 0 Å². The topological polar surface area (TPSA) is 118 Å². The zero-order chi connectivity index (χ0) is 27.5. The van der Waals surface area contributed by atoms with Crippen LogP contribution in [0.15, 0.2) is 67.4 Å². The highest BCUT2D eigenvalue weighted by molar-refractivity contribution is 6.01. The molecule has 0 aliphatic carbocycles. The number of amides is 2. The molecule has 10 nitrogen and oxygen atoms in total. The molecule has 1 aliphatic heterocycles. The average Bonchev–Trinajstić information content (AvgIpc) is 2.92. The van der Waals surface area contributed by atoms with E-state index in [1.54, 1.807) is 43.5 Å². The first-order chi connectivity index (χ1) is 18.4. The quantitative estimate of drug-likeness (QED) is 0.364.